The van der Waals surface area contributed by atoms with Gasteiger partial charge < -0.3 is 15.5 Å². The van der Waals surface area contributed by atoms with Gasteiger partial charge in [-0.05, 0) is 44.3 Å². The highest BCUT2D eigenvalue weighted by atomic mass is 16.2. The summed E-state index contributed by atoms with van der Waals surface area (Å²) in [5, 5.41) is 5.91. The molecule has 1 fully saturated rings. The van der Waals surface area contributed by atoms with Crippen LogP contribution in [0.25, 0.3) is 0 Å². The molecule has 0 aromatic heterocycles. The number of hydrogen-bond donors (Lipinski definition) is 2. The van der Waals surface area contributed by atoms with Crippen LogP contribution in [0.5, 0.6) is 0 Å². The molecular formula is C18H27N3O2. The summed E-state index contributed by atoms with van der Waals surface area (Å²) in [6.45, 7) is 2.75. The Balaban J connectivity index is 1.66. The first-order valence-electron chi connectivity index (χ1n) is 8.42. The summed E-state index contributed by atoms with van der Waals surface area (Å²) in [4.78, 5) is 25.9. The fourth-order valence-corrected chi connectivity index (χ4v) is 2.95. The summed E-state index contributed by atoms with van der Waals surface area (Å²) in [5.74, 6) is 0.631. The molecule has 0 spiro atoms. The van der Waals surface area contributed by atoms with Crippen LogP contribution in [0.4, 0.5) is 0 Å². The summed E-state index contributed by atoms with van der Waals surface area (Å²) in [7, 11) is 1.97. The first kappa shape index (κ1) is 17.5. The number of benzene rings is 1. The third-order valence-electron chi connectivity index (χ3n) is 4.41. The van der Waals surface area contributed by atoms with Crippen LogP contribution in [0, 0.1) is 5.92 Å². The van der Waals surface area contributed by atoms with Crippen LogP contribution >= 0.6 is 0 Å². The lowest BCUT2D eigenvalue weighted by molar-refractivity contribution is -0.133. The van der Waals surface area contributed by atoms with Crippen molar-refractivity contribution in [3.05, 3.63) is 35.9 Å². The lowest BCUT2D eigenvalue weighted by Crippen LogP contribution is -2.44. The normalized spacial score (nSPS) is 15.4. The van der Waals surface area contributed by atoms with E-state index in [-0.39, 0.29) is 18.4 Å². The summed E-state index contributed by atoms with van der Waals surface area (Å²) < 4.78 is 0. The largest absolute Gasteiger partial charge is 0.347 e. The summed E-state index contributed by atoms with van der Waals surface area (Å²) in [6.07, 6.45) is 3.61. The van der Waals surface area contributed by atoms with Gasteiger partial charge in [-0.25, -0.2) is 0 Å². The van der Waals surface area contributed by atoms with Crippen molar-refractivity contribution in [2.24, 2.45) is 5.92 Å². The average molecular weight is 317 g/mol. The fourth-order valence-electron chi connectivity index (χ4n) is 2.95. The van der Waals surface area contributed by atoms with Crippen molar-refractivity contribution in [3.63, 3.8) is 0 Å². The van der Waals surface area contributed by atoms with Crippen molar-refractivity contribution in [2.45, 2.75) is 25.7 Å². The lowest BCUT2D eigenvalue weighted by atomic mass is 9.93. The van der Waals surface area contributed by atoms with E-state index in [0.29, 0.717) is 12.3 Å². The van der Waals surface area contributed by atoms with Crippen molar-refractivity contribution in [1.82, 2.24) is 15.5 Å². The molecule has 23 heavy (non-hydrogen) atoms. The Morgan fingerprint density at radius 3 is 2.52 bits per heavy atom. The molecule has 1 aromatic carbocycles. The SMILES string of the molecule is CNCCC1CCN(C(=O)CNC(=O)Cc2ccccc2)CC1. The predicted octanol–water partition coefficient (Wildman–Crippen LogP) is 1.19. The number of likely N-dealkylation sites (tertiary alicyclic amines) is 1. The zero-order valence-electron chi connectivity index (χ0n) is 13.9. The van der Waals surface area contributed by atoms with Gasteiger partial charge in [0.1, 0.15) is 0 Å². The molecule has 2 rings (SSSR count). The zero-order valence-corrected chi connectivity index (χ0v) is 13.9. The molecule has 1 heterocycles. The van der Waals surface area contributed by atoms with Gasteiger partial charge in [-0.15, -0.1) is 0 Å². The minimum Gasteiger partial charge on any atom is -0.347 e. The molecule has 5 heteroatoms. The number of rotatable bonds is 7. The lowest BCUT2D eigenvalue weighted by Gasteiger charge is -2.32. The van der Waals surface area contributed by atoms with Crippen LogP contribution in [0.3, 0.4) is 0 Å². The molecule has 1 aliphatic rings. The minimum atomic E-state index is -0.103. The molecular weight excluding hydrogens is 290 g/mol. The van der Waals surface area contributed by atoms with Crippen LogP contribution in [-0.2, 0) is 16.0 Å². The Bertz CT molecular complexity index is 496. The van der Waals surface area contributed by atoms with Crippen molar-refractivity contribution in [1.29, 1.82) is 0 Å². The molecule has 5 nitrogen and oxygen atoms in total. The van der Waals surface area contributed by atoms with E-state index in [2.05, 4.69) is 10.6 Å². The van der Waals surface area contributed by atoms with E-state index in [0.717, 1.165) is 38.0 Å². The fraction of sp³-hybridized carbons (Fsp3) is 0.556. The quantitative estimate of drug-likeness (QED) is 0.794. The van der Waals surface area contributed by atoms with Gasteiger partial charge in [0.05, 0.1) is 13.0 Å². The van der Waals surface area contributed by atoms with Crippen LogP contribution in [0.15, 0.2) is 30.3 Å². The van der Waals surface area contributed by atoms with Crippen molar-refractivity contribution < 1.29 is 9.59 Å². The minimum absolute atomic E-state index is 0.0264. The maximum atomic E-state index is 12.2. The van der Waals surface area contributed by atoms with Crippen molar-refractivity contribution in [2.75, 3.05) is 33.2 Å². The van der Waals surface area contributed by atoms with Gasteiger partial charge >= 0.3 is 0 Å². The molecule has 0 bridgehead atoms. The number of carbonyl (C=O) groups excluding carboxylic acids is 2. The van der Waals surface area contributed by atoms with Crippen LogP contribution < -0.4 is 10.6 Å². The Hall–Kier alpha value is -1.88. The van der Waals surface area contributed by atoms with Gasteiger partial charge in [-0.3, -0.25) is 9.59 Å². The summed E-state index contributed by atoms with van der Waals surface area (Å²) in [5.41, 5.74) is 0.961. The molecule has 1 saturated heterocycles. The van der Waals surface area contributed by atoms with E-state index in [9.17, 15) is 9.59 Å². The van der Waals surface area contributed by atoms with Gasteiger partial charge in [0, 0.05) is 13.1 Å². The molecule has 1 aliphatic heterocycles. The summed E-state index contributed by atoms with van der Waals surface area (Å²) >= 11 is 0. The molecule has 0 saturated carbocycles. The van der Waals surface area contributed by atoms with Gasteiger partial charge in [0.2, 0.25) is 11.8 Å². The second-order valence-corrected chi connectivity index (χ2v) is 6.16. The van der Waals surface area contributed by atoms with Gasteiger partial charge in [0.15, 0.2) is 0 Å². The number of nitrogens with zero attached hydrogens (tertiary/aromatic N) is 1. The van der Waals surface area contributed by atoms with Crippen molar-refractivity contribution in [3.8, 4) is 0 Å². The monoisotopic (exact) mass is 317 g/mol. The zero-order chi connectivity index (χ0) is 16.5. The molecule has 126 valence electrons. The van der Waals surface area contributed by atoms with Crippen LogP contribution in [0.1, 0.15) is 24.8 Å². The maximum absolute atomic E-state index is 12.2. The molecule has 0 aliphatic carbocycles. The number of nitrogens with one attached hydrogen (secondary N) is 2. The second-order valence-electron chi connectivity index (χ2n) is 6.16. The molecule has 2 amide bonds. The van der Waals surface area contributed by atoms with Crippen molar-refractivity contribution >= 4 is 11.8 Å². The number of piperidine rings is 1. The Labute approximate surface area is 138 Å². The molecule has 2 N–H and O–H groups in total. The van der Waals surface area contributed by atoms with Gasteiger partial charge in [-0.1, -0.05) is 30.3 Å². The van der Waals surface area contributed by atoms with E-state index in [4.69, 9.17) is 0 Å². The van der Waals surface area contributed by atoms with Gasteiger partial charge in [-0.2, -0.15) is 0 Å². The second kappa shape index (κ2) is 9.30. The molecule has 0 radical (unpaired) electrons. The Morgan fingerprint density at radius 2 is 1.87 bits per heavy atom. The highest BCUT2D eigenvalue weighted by molar-refractivity contribution is 5.85. The van der Waals surface area contributed by atoms with E-state index in [1.807, 2.05) is 42.3 Å². The van der Waals surface area contributed by atoms with E-state index in [1.54, 1.807) is 0 Å². The summed E-state index contributed by atoms with van der Waals surface area (Å²) in [6, 6.07) is 9.57. The number of carbonyl (C=O) groups is 2. The topological polar surface area (TPSA) is 61.4 Å². The predicted molar refractivity (Wildman–Crippen MR) is 91.0 cm³/mol. The van der Waals surface area contributed by atoms with Crippen LogP contribution in [0.2, 0.25) is 0 Å². The first-order valence-corrected chi connectivity index (χ1v) is 8.42. The highest BCUT2D eigenvalue weighted by Crippen LogP contribution is 2.19. The molecule has 0 unspecified atom stereocenters. The van der Waals surface area contributed by atoms with E-state index < -0.39 is 0 Å². The van der Waals surface area contributed by atoms with Gasteiger partial charge in [0.25, 0.3) is 0 Å². The molecule has 0 atom stereocenters. The Kier molecular flexibility index (Phi) is 7.07. The third kappa shape index (κ3) is 6.02. The van der Waals surface area contributed by atoms with Crippen LogP contribution in [-0.4, -0.2) is 49.9 Å². The average Bonchev–Trinajstić information content (AvgIpc) is 2.59. The molecule has 1 aromatic rings. The third-order valence-corrected chi connectivity index (χ3v) is 4.41. The maximum Gasteiger partial charge on any atom is 0.241 e. The van der Waals surface area contributed by atoms with E-state index >= 15 is 0 Å². The first-order chi connectivity index (χ1) is 11.2. The standard InChI is InChI=1S/C18H27N3O2/c1-19-10-7-15-8-11-21(12-9-15)18(23)14-20-17(22)13-16-5-3-2-4-6-16/h2-6,15,19H,7-14H2,1H3,(H,20,22). The number of amides is 2. The van der Waals surface area contributed by atoms with E-state index in [1.165, 1.54) is 6.42 Å². The highest BCUT2D eigenvalue weighted by Gasteiger charge is 2.22. The smallest absolute Gasteiger partial charge is 0.241 e. The number of hydrogen-bond acceptors (Lipinski definition) is 3. The Morgan fingerprint density at radius 1 is 1.17 bits per heavy atom.